The van der Waals surface area contributed by atoms with Gasteiger partial charge < -0.3 is 10.6 Å². The molecular formula is C13H14F3IN2O. The van der Waals surface area contributed by atoms with E-state index in [9.17, 15) is 18.0 Å². The Labute approximate surface area is 128 Å². The highest BCUT2D eigenvalue weighted by atomic mass is 127. The summed E-state index contributed by atoms with van der Waals surface area (Å²) in [7, 11) is 0. The maximum Gasteiger partial charge on any atom is 0.417 e. The maximum atomic E-state index is 13.0. The van der Waals surface area contributed by atoms with Crippen LogP contribution in [0.3, 0.4) is 0 Å². The number of nitrogens with two attached hydrogens (primary N) is 1. The number of likely N-dealkylation sites (tertiary alicyclic amines) is 1. The number of alkyl halides is 3. The lowest BCUT2D eigenvalue weighted by atomic mass is 10.0. The Hall–Kier alpha value is -0.830. The lowest BCUT2D eigenvalue weighted by molar-refractivity contribution is -0.138. The first-order valence-electron chi connectivity index (χ1n) is 6.20. The minimum atomic E-state index is -4.54. The van der Waals surface area contributed by atoms with Gasteiger partial charge in [0.2, 0.25) is 0 Å². The molecule has 0 spiro atoms. The zero-order valence-corrected chi connectivity index (χ0v) is 12.7. The van der Waals surface area contributed by atoms with Crippen molar-refractivity contribution < 1.29 is 18.0 Å². The molecule has 2 rings (SSSR count). The zero-order valence-electron chi connectivity index (χ0n) is 10.6. The van der Waals surface area contributed by atoms with Crippen molar-refractivity contribution in [1.29, 1.82) is 0 Å². The summed E-state index contributed by atoms with van der Waals surface area (Å²) in [6.07, 6.45) is -3.02. The Balaban J connectivity index is 2.34. The summed E-state index contributed by atoms with van der Waals surface area (Å²) in [4.78, 5) is 13.7. The van der Waals surface area contributed by atoms with Crippen molar-refractivity contribution in [2.24, 2.45) is 5.73 Å². The van der Waals surface area contributed by atoms with Crippen LogP contribution in [0, 0.1) is 3.57 Å². The van der Waals surface area contributed by atoms with E-state index in [1.165, 1.54) is 17.0 Å². The van der Waals surface area contributed by atoms with Crippen LogP contribution in [0.15, 0.2) is 18.2 Å². The molecule has 110 valence electrons. The van der Waals surface area contributed by atoms with E-state index in [0.717, 1.165) is 18.9 Å². The molecule has 1 amide bonds. The number of carbonyl (C=O) groups excluding carboxylic acids is 1. The molecule has 1 heterocycles. The minimum Gasteiger partial charge on any atom is -0.337 e. The summed E-state index contributed by atoms with van der Waals surface area (Å²) in [5.74, 6) is -0.594. The number of rotatable bonds is 1. The van der Waals surface area contributed by atoms with Gasteiger partial charge >= 0.3 is 6.18 Å². The highest BCUT2D eigenvalue weighted by Crippen LogP contribution is 2.33. The molecule has 20 heavy (non-hydrogen) atoms. The summed E-state index contributed by atoms with van der Waals surface area (Å²) in [6.45, 7) is 0.762. The first-order valence-corrected chi connectivity index (χ1v) is 7.28. The second kappa shape index (κ2) is 5.88. The smallest absolute Gasteiger partial charge is 0.337 e. The van der Waals surface area contributed by atoms with Gasteiger partial charge in [-0.15, -0.1) is 0 Å². The van der Waals surface area contributed by atoms with Crippen LogP contribution in [0.1, 0.15) is 28.8 Å². The Morgan fingerprint density at radius 2 is 2.10 bits per heavy atom. The van der Waals surface area contributed by atoms with E-state index in [2.05, 4.69) is 0 Å². The van der Waals surface area contributed by atoms with Gasteiger partial charge in [-0.25, -0.2) is 0 Å². The van der Waals surface area contributed by atoms with E-state index in [0.29, 0.717) is 16.7 Å². The molecule has 0 saturated carbocycles. The third-order valence-corrected chi connectivity index (χ3v) is 3.93. The third kappa shape index (κ3) is 3.43. The molecule has 1 aliphatic rings. The number of benzene rings is 1. The average molecular weight is 398 g/mol. The molecule has 0 aromatic heterocycles. The Morgan fingerprint density at radius 3 is 2.70 bits per heavy atom. The first kappa shape index (κ1) is 15.6. The van der Waals surface area contributed by atoms with E-state index in [1.807, 2.05) is 0 Å². The van der Waals surface area contributed by atoms with Gasteiger partial charge in [-0.2, -0.15) is 13.2 Å². The molecule has 0 aliphatic carbocycles. The van der Waals surface area contributed by atoms with Crippen LogP contribution in [0.25, 0.3) is 0 Å². The van der Waals surface area contributed by atoms with Crippen LogP contribution in [0.5, 0.6) is 0 Å². The van der Waals surface area contributed by atoms with Gasteiger partial charge in [-0.3, -0.25) is 4.79 Å². The van der Waals surface area contributed by atoms with Crippen molar-refractivity contribution >= 4 is 28.5 Å². The van der Waals surface area contributed by atoms with Gasteiger partial charge in [0.15, 0.2) is 0 Å². The number of piperidine rings is 1. The quantitative estimate of drug-likeness (QED) is 0.740. The van der Waals surface area contributed by atoms with E-state index in [1.54, 1.807) is 22.6 Å². The predicted octanol–water partition coefficient (Wildman–Crippen LogP) is 2.87. The second-order valence-electron chi connectivity index (χ2n) is 4.84. The Morgan fingerprint density at radius 1 is 1.40 bits per heavy atom. The minimum absolute atomic E-state index is 0.161. The standard InChI is InChI=1S/C13H14F3IN2O/c14-13(15,16)11-6-8(17)3-4-10(11)12(20)19-5-1-2-9(18)7-19/h3-4,6,9H,1-2,5,7,18H2. The van der Waals surface area contributed by atoms with Crippen molar-refractivity contribution in [2.75, 3.05) is 13.1 Å². The predicted molar refractivity (Wildman–Crippen MR) is 77.3 cm³/mol. The number of hydrogen-bond donors (Lipinski definition) is 1. The Bertz CT molecular complexity index is 519. The topological polar surface area (TPSA) is 46.3 Å². The fourth-order valence-corrected chi connectivity index (χ4v) is 2.79. The van der Waals surface area contributed by atoms with Crippen LogP contribution in [0.2, 0.25) is 0 Å². The molecule has 1 saturated heterocycles. The maximum absolute atomic E-state index is 13.0. The summed E-state index contributed by atoms with van der Waals surface area (Å²) in [5.41, 5.74) is 4.59. The van der Waals surface area contributed by atoms with Crippen molar-refractivity contribution in [3.05, 3.63) is 32.9 Å². The van der Waals surface area contributed by atoms with Crippen LogP contribution in [-0.2, 0) is 6.18 Å². The fraction of sp³-hybridized carbons (Fsp3) is 0.462. The summed E-state index contributed by atoms with van der Waals surface area (Å²) >= 11 is 1.80. The molecule has 1 unspecified atom stereocenters. The van der Waals surface area contributed by atoms with Crippen LogP contribution < -0.4 is 5.73 Å². The number of amides is 1. The monoisotopic (exact) mass is 398 g/mol. The van der Waals surface area contributed by atoms with E-state index in [-0.39, 0.29) is 11.6 Å². The molecule has 2 N–H and O–H groups in total. The van der Waals surface area contributed by atoms with Gasteiger partial charge in [0.05, 0.1) is 11.1 Å². The van der Waals surface area contributed by atoms with E-state index >= 15 is 0 Å². The molecule has 1 atom stereocenters. The number of carbonyl (C=O) groups is 1. The van der Waals surface area contributed by atoms with Crippen LogP contribution >= 0.6 is 22.6 Å². The number of nitrogens with zero attached hydrogens (tertiary/aromatic N) is 1. The second-order valence-corrected chi connectivity index (χ2v) is 6.09. The molecule has 1 aromatic carbocycles. The summed E-state index contributed by atoms with van der Waals surface area (Å²) in [5, 5.41) is 0. The van der Waals surface area contributed by atoms with Crippen LogP contribution in [-0.4, -0.2) is 29.9 Å². The average Bonchev–Trinajstić information content (AvgIpc) is 2.37. The molecular weight excluding hydrogens is 384 g/mol. The van der Waals surface area contributed by atoms with Gasteiger partial charge in [0.1, 0.15) is 0 Å². The SMILES string of the molecule is NC1CCCN(C(=O)c2ccc(I)cc2C(F)(F)F)C1. The van der Waals surface area contributed by atoms with Gasteiger partial charge in [0, 0.05) is 22.7 Å². The molecule has 1 fully saturated rings. The van der Waals surface area contributed by atoms with Crippen molar-refractivity contribution in [3.8, 4) is 0 Å². The highest BCUT2D eigenvalue weighted by Gasteiger charge is 2.36. The van der Waals surface area contributed by atoms with Crippen molar-refractivity contribution in [3.63, 3.8) is 0 Å². The third-order valence-electron chi connectivity index (χ3n) is 3.26. The molecule has 7 heteroatoms. The molecule has 1 aromatic rings. The summed E-state index contributed by atoms with van der Waals surface area (Å²) < 4.78 is 39.5. The normalized spacial score (nSPS) is 20.1. The van der Waals surface area contributed by atoms with Gasteiger partial charge in [-0.1, -0.05) is 0 Å². The van der Waals surface area contributed by atoms with Crippen molar-refractivity contribution in [1.82, 2.24) is 4.90 Å². The Kier molecular flexibility index (Phi) is 4.58. The highest BCUT2D eigenvalue weighted by molar-refractivity contribution is 14.1. The van der Waals surface area contributed by atoms with Crippen molar-refractivity contribution in [2.45, 2.75) is 25.1 Å². The largest absolute Gasteiger partial charge is 0.417 e. The summed E-state index contributed by atoms with van der Waals surface area (Å²) in [6, 6.07) is 3.59. The molecule has 3 nitrogen and oxygen atoms in total. The first-order chi connectivity index (χ1) is 9.29. The van der Waals surface area contributed by atoms with Gasteiger partial charge in [-0.05, 0) is 53.6 Å². The lowest BCUT2D eigenvalue weighted by Gasteiger charge is -2.31. The molecule has 0 bridgehead atoms. The zero-order chi connectivity index (χ0) is 14.9. The van der Waals surface area contributed by atoms with E-state index in [4.69, 9.17) is 5.73 Å². The van der Waals surface area contributed by atoms with E-state index < -0.39 is 17.6 Å². The number of hydrogen-bond acceptors (Lipinski definition) is 2. The molecule has 1 aliphatic heterocycles. The number of halogens is 4. The lowest BCUT2D eigenvalue weighted by Crippen LogP contribution is -2.46. The van der Waals surface area contributed by atoms with Gasteiger partial charge in [0.25, 0.3) is 5.91 Å². The molecule has 0 radical (unpaired) electrons. The van der Waals surface area contributed by atoms with Crippen LogP contribution in [0.4, 0.5) is 13.2 Å². The fourth-order valence-electron chi connectivity index (χ4n) is 2.30.